The Morgan fingerprint density at radius 2 is 1.64 bits per heavy atom. The van der Waals surface area contributed by atoms with Gasteiger partial charge in [0.2, 0.25) is 5.91 Å². The number of hydrogen-bond donors (Lipinski definition) is 2. The Labute approximate surface area is 148 Å². The van der Waals surface area contributed by atoms with E-state index >= 15 is 0 Å². The molecule has 0 unspecified atom stereocenters. The fraction of sp³-hybridized carbons (Fsp3) is 0.381. The number of hydrogen-bond acceptors (Lipinski definition) is 2. The normalized spacial score (nSPS) is 16.5. The molecule has 1 amide bonds. The number of halogens is 1. The van der Waals surface area contributed by atoms with Gasteiger partial charge in [-0.2, -0.15) is 0 Å². The second-order valence-corrected chi connectivity index (χ2v) is 7.07. The van der Waals surface area contributed by atoms with Crippen LogP contribution in [0.3, 0.4) is 0 Å². The summed E-state index contributed by atoms with van der Waals surface area (Å²) in [7, 11) is 0. The van der Waals surface area contributed by atoms with Crippen molar-refractivity contribution in [2.45, 2.75) is 44.8 Å². The van der Waals surface area contributed by atoms with Crippen LogP contribution < -0.4 is 10.6 Å². The SMILES string of the molecule is CC(C)[C@@H](N[C@@H](C(=O)NC1CC1)c1ccccc1)c1ccc(F)cc1. The number of benzene rings is 2. The second-order valence-electron chi connectivity index (χ2n) is 7.07. The maximum atomic E-state index is 13.3. The second kappa shape index (κ2) is 7.79. The number of rotatable bonds is 7. The van der Waals surface area contributed by atoms with Crippen molar-refractivity contribution in [1.82, 2.24) is 10.6 Å². The van der Waals surface area contributed by atoms with Gasteiger partial charge in [-0.05, 0) is 42.0 Å². The van der Waals surface area contributed by atoms with Crippen LogP contribution in [0.15, 0.2) is 54.6 Å². The smallest absolute Gasteiger partial charge is 0.241 e. The van der Waals surface area contributed by atoms with Crippen molar-refractivity contribution < 1.29 is 9.18 Å². The summed E-state index contributed by atoms with van der Waals surface area (Å²) in [5.74, 6) is 0.00389. The van der Waals surface area contributed by atoms with E-state index in [2.05, 4.69) is 24.5 Å². The first-order chi connectivity index (χ1) is 12.0. The van der Waals surface area contributed by atoms with Gasteiger partial charge < -0.3 is 5.32 Å². The minimum absolute atomic E-state index is 0.00135. The van der Waals surface area contributed by atoms with Gasteiger partial charge in [-0.15, -0.1) is 0 Å². The van der Waals surface area contributed by atoms with Gasteiger partial charge in [0.25, 0.3) is 0 Å². The van der Waals surface area contributed by atoms with Gasteiger partial charge in [-0.3, -0.25) is 10.1 Å². The minimum Gasteiger partial charge on any atom is -0.352 e. The average molecular weight is 340 g/mol. The third-order valence-corrected chi connectivity index (χ3v) is 4.56. The summed E-state index contributed by atoms with van der Waals surface area (Å²) in [6.45, 7) is 4.20. The Balaban J connectivity index is 1.85. The van der Waals surface area contributed by atoms with E-state index in [0.717, 1.165) is 24.0 Å². The fourth-order valence-electron chi connectivity index (χ4n) is 3.00. The lowest BCUT2D eigenvalue weighted by molar-refractivity contribution is -0.123. The van der Waals surface area contributed by atoms with Gasteiger partial charge in [0.05, 0.1) is 0 Å². The maximum Gasteiger partial charge on any atom is 0.241 e. The molecular weight excluding hydrogens is 315 g/mol. The zero-order valence-corrected chi connectivity index (χ0v) is 14.7. The van der Waals surface area contributed by atoms with E-state index in [1.165, 1.54) is 12.1 Å². The quantitative estimate of drug-likeness (QED) is 0.796. The Morgan fingerprint density at radius 1 is 1.00 bits per heavy atom. The molecule has 132 valence electrons. The molecule has 0 radical (unpaired) electrons. The van der Waals surface area contributed by atoms with E-state index in [9.17, 15) is 9.18 Å². The first kappa shape index (κ1) is 17.6. The van der Waals surface area contributed by atoms with Gasteiger partial charge in [0.15, 0.2) is 0 Å². The molecule has 3 nitrogen and oxygen atoms in total. The van der Waals surface area contributed by atoms with E-state index in [1.54, 1.807) is 12.1 Å². The highest BCUT2D eigenvalue weighted by Crippen LogP contribution is 2.27. The molecule has 2 atom stereocenters. The standard InChI is InChI=1S/C21H25FN2O/c1-14(2)19(16-8-10-17(22)11-9-16)24-20(15-6-4-3-5-7-15)21(25)23-18-12-13-18/h3-11,14,18-20,24H,12-13H2,1-2H3,(H,23,25)/t19-,20-/m1/s1. The Hall–Kier alpha value is -2.20. The van der Waals surface area contributed by atoms with Crippen LogP contribution in [-0.4, -0.2) is 11.9 Å². The van der Waals surface area contributed by atoms with Crippen LogP contribution in [-0.2, 0) is 4.79 Å². The van der Waals surface area contributed by atoms with Crippen LogP contribution in [0, 0.1) is 11.7 Å². The van der Waals surface area contributed by atoms with Crippen molar-refractivity contribution in [3.8, 4) is 0 Å². The lowest BCUT2D eigenvalue weighted by atomic mass is 9.93. The van der Waals surface area contributed by atoms with Crippen molar-refractivity contribution in [1.29, 1.82) is 0 Å². The van der Waals surface area contributed by atoms with E-state index in [4.69, 9.17) is 0 Å². The van der Waals surface area contributed by atoms with E-state index < -0.39 is 6.04 Å². The number of carbonyl (C=O) groups is 1. The fourth-order valence-corrected chi connectivity index (χ4v) is 3.00. The molecule has 1 aliphatic rings. The highest BCUT2D eigenvalue weighted by atomic mass is 19.1. The highest BCUT2D eigenvalue weighted by Gasteiger charge is 2.30. The first-order valence-corrected chi connectivity index (χ1v) is 8.91. The molecule has 2 aromatic rings. The van der Waals surface area contributed by atoms with Crippen LogP contribution in [0.4, 0.5) is 4.39 Å². The van der Waals surface area contributed by atoms with Gasteiger partial charge in [-0.1, -0.05) is 56.3 Å². The predicted octanol–water partition coefficient (Wildman–Crippen LogP) is 4.13. The molecule has 1 fully saturated rings. The van der Waals surface area contributed by atoms with E-state index in [1.807, 2.05) is 30.3 Å². The molecule has 0 aliphatic heterocycles. The number of amides is 1. The Morgan fingerprint density at radius 3 is 2.20 bits per heavy atom. The van der Waals surface area contributed by atoms with Crippen molar-refractivity contribution >= 4 is 5.91 Å². The van der Waals surface area contributed by atoms with Crippen molar-refractivity contribution in [3.05, 3.63) is 71.5 Å². The van der Waals surface area contributed by atoms with E-state index in [0.29, 0.717) is 6.04 Å². The van der Waals surface area contributed by atoms with Crippen molar-refractivity contribution in [3.63, 3.8) is 0 Å². The monoisotopic (exact) mass is 340 g/mol. The summed E-state index contributed by atoms with van der Waals surface area (Å²) in [6.07, 6.45) is 2.11. The molecule has 4 heteroatoms. The molecule has 2 aromatic carbocycles. The minimum atomic E-state index is -0.431. The predicted molar refractivity (Wildman–Crippen MR) is 97.5 cm³/mol. The topological polar surface area (TPSA) is 41.1 Å². The molecular formula is C21H25FN2O. The molecule has 0 heterocycles. The summed E-state index contributed by atoms with van der Waals surface area (Å²) >= 11 is 0. The lowest BCUT2D eigenvalue weighted by Crippen LogP contribution is -2.41. The molecule has 0 spiro atoms. The third kappa shape index (κ3) is 4.67. The molecule has 0 bridgehead atoms. The number of nitrogens with one attached hydrogen (secondary N) is 2. The maximum absolute atomic E-state index is 13.3. The molecule has 0 aromatic heterocycles. The molecule has 1 saturated carbocycles. The average Bonchev–Trinajstić information content (AvgIpc) is 3.41. The van der Waals surface area contributed by atoms with Gasteiger partial charge >= 0.3 is 0 Å². The number of carbonyl (C=O) groups excluding carboxylic acids is 1. The van der Waals surface area contributed by atoms with Crippen LogP contribution in [0.1, 0.15) is 49.9 Å². The zero-order chi connectivity index (χ0) is 17.8. The first-order valence-electron chi connectivity index (χ1n) is 8.91. The Bertz CT molecular complexity index is 696. The van der Waals surface area contributed by atoms with Gasteiger partial charge in [-0.25, -0.2) is 4.39 Å². The van der Waals surface area contributed by atoms with Crippen LogP contribution in [0.5, 0.6) is 0 Å². The van der Waals surface area contributed by atoms with E-state index in [-0.39, 0.29) is 23.7 Å². The molecule has 1 aliphatic carbocycles. The molecule has 0 saturated heterocycles. The van der Waals surface area contributed by atoms with Crippen molar-refractivity contribution in [2.75, 3.05) is 0 Å². The molecule has 3 rings (SSSR count). The van der Waals surface area contributed by atoms with Crippen LogP contribution >= 0.6 is 0 Å². The zero-order valence-electron chi connectivity index (χ0n) is 14.7. The van der Waals surface area contributed by atoms with Gasteiger partial charge in [0.1, 0.15) is 11.9 Å². The summed E-state index contributed by atoms with van der Waals surface area (Å²) in [4.78, 5) is 12.8. The lowest BCUT2D eigenvalue weighted by Gasteiger charge is -2.28. The summed E-state index contributed by atoms with van der Waals surface area (Å²) in [5, 5.41) is 6.60. The van der Waals surface area contributed by atoms with Gasteiger partial charge in [0, 0.05) is 12.1 Å². The summed E-state index contributed by atoms with van der Waals surface area (Å²) < 4.78 is 13.3. The third-order valence-electron chi connectivity index (χ3n) is 4.56. The highest BCUT2D eigenvalue weighted by molar-refractivity contribution is 5.83. The van der Waals surface area contributed by atoms with Crippen LogP contribution in [0.25, 0.3) is 0 Å². The van der Waals surface area contributed by atoms with Crippen LogP contribution in [0.2, 0.25) is 0 Å². The molecule has 25 heavy (non-hydrogen) atoms. The Kier molecular flexibility index (Phi) is 5.49. The largest absolute Gasteiger partial charge is 0.352 e. The summed E-state index contributed by atoms with van der Waals surface area (Å²) in [5.41, 5.74) is 1.92. The van der Waals surface area contributed by atoms with Crippen molar-refractivity contribution in [2.24, 2.45) is 5.92 Å². The molecule has 2 N–H and O–H groups in total. The summed E-state index contributed by atoms with van der Waals surface area (Å²) in [6, 6.07) is 16.1.